The second-order valence-electron chi connectivity index (χ2n) is 5.29. The summed E-state index contributed by atoms with van der Waals surface area (Å²) in [6, 6.07) is 1.74. The van der Waals surface area contributed by atoms with Crippen LogP contribution < -0.4 is 5.32 Å². The van der Waals surface area contributed by atoms with Gasteiger partial charge in [0.1, 0.15) is 17.1 Å². The number of aryl methyl sites for hydroxylation is 1. The lowest BCUT2D eigenvalue weighted by atomic mass is 10.2. The van der Waals surface area contributed by atoms with Crippen LogP contribution >= 0.6 is 0 Å². The number of carbonyl (C=O) groups excluding carboxylic acids is 2. The molecule has 19 heavy (non-hydrogen) atoms. The zero-order chi connectivity index (χ0) is 14.5. The molecule has 0 fully saturated rings. The molecule has 6 heteroatoms. The molecule has 1 rings (SSSR count). The molecular formula is C13H20N2O4. The number of nitrogens with one attached hydrogen (secondary N) is 1. The topological polar surface area (TPSA) is 81.4 Å². The van der Waals surface area contributed by atoms with Crippen LogP contribution in [0.1, 0.15) is 45.1 Å². The first-order valence-corrected chi connectivity index (χ1v) is 6.17. The summed E-state index contributed by atoms with van der Waals surface area (Å²) >= 11 is 0. The van der Waals surface area contributed by atoms with E-state index in [-0.39, 0.29) is 24.7 Å². The molecule has 1 aromatic rings. The van der Waals surface area contributed by atoms with Gasteiger partial charge in [-0.3, -0.25) is 9.59 Å². The summed E-state index contributed by atoms with van der Waals surface area (Å²) in [5.41, 5.74) is 0.134. The van der Waals surface area contributed by atoms with Gasteiger partial charge in [0.2, 0.25) is 5.91 Å². The van der Waals surface area contributed by atoms with Crippen LogP contribution in [0.4, 0.5) is 0 Å². The Hall–Kier alpha value is -1.85. The highest BCUT2D eigenvalue weighted by molar-refractivity contribution is 5.81. The number of rotatable bonds is 5. The van der Waals surface area contributed by atoms with E-state index in [9.17, 15) is 9.59 Å². The van der Waals surface area contributed by atoms with Crippen LogP contribution in [0.15, 0.2) is 10.6 Å². The standard InChI is InChI=1S/C13H20N2O4/c1-9-7-10(15-19-9)8-14-11(16)5-6-12(17)18-13(2,3)4/h7H,5-6,8H2,1-4H3,(H,14,16). The van der Waals surface area contributed by atoms with Gasteiger partial charge in [-0.05, 0) is 27.7 Å². The van der Waals surface area contributed by atoms with Crippen LogP contribution in [0.2, 0.25) is 0 Å². The van der Waals surface area contributed by atoms with Crippen LogP contribution in [-0.2, 0) is 20.9 Å². The molecule has 1 amide bonds. The first kappa shape index (κ1) is 15.2. The highest BCUT2D eigenvalue weighted by Gasteiger charge is 2.17. The summed E-state index contributed by atoms with van der Waals surface area (Å²) in [6.07, 6.45) is 0.173. The summed E-state index contributed by atoms with van der Waals surface area (Å²) in [7, 11) is 0. The molecule has 0 saturated heterocycles. The summed E-state index contributed by atoms with van der Waals surface area (Å²) in [5, 5.41) is 6.41. The summed E-state index contributed by atoms with van der Waals surface area (Å²) in [4.78, 5) is 22.9. The minimum Gasteiger partial charge on any atom is -0.460 e. The molecule has 0 aliphatic rings. The maximum Gasteiger partial charge on any atom is 0.306 e. The number of hydrogen-bond acceptors (Lipinski definition) is 5. The van der Waals surface area contributed by atoms with Crippen molar-refractivity contribution in [3.8, 4) is 0 Å². The molecule has 0 radical (unpaired) electrons. The fraction of sp³-hybridized carbons (Fsp3) is 0.615. The monoisotopic (exact) mass is 268 g/mol. The highest BCUT2D eigenvalue weighted by Crippen LogP contribution is 2.09. The predicted octanol–water partition coefficient (Wildman–Crippen LogP) is 1.72. The lowest BCUT2D eigenvalue weighted by Crippen LogP contribution is -2.27. The van der Waals surface area contributed by atoms with Gasteiger partial charge in [-0.15, -0.1) is 0 Å². The van der Waals surface area contributed by atoms with Gasteiger partial charge in [0, 0.05) is 12.5 Å². The number of carbonyl (C=O) groups is 2. The molecule has 0 aromatic carbocycles. The predicted molar refractivity (Wildman–Crippen MR) is 68.2 cm³/mol. The van der Waals surface area contributed by atoms with E-state index in [1.165, 1.54) is 0 Å². The van der Waals surface area contributed by atoms with Crippen LogP contribution in [0.3, 0.4) is 0 Å². The number of hydrogen-bond donors (Lipinski definition) is 1. The van der Waals surface area contributed by atoms with E-state index in [2.05, 4.69) is 10.5 Å². The van der Waals surface area contributed by atoms with Crippen LogP contribution in [0, 0.1) is 6.92 Å². The maximum absolute atomic E-state index is 11.5. The Labute approximate surface area is 112 Å². The van der Waals surface area contributed by atoms with E-state index in [4.69, 9.17) is 9.26 Å². The molecule has 1 heterocycles. The molecule has 1 aromatic heterocycles. The molecular weight excluding hydrogens is 248 g/mol. The molecule has 0 saturated carbocycles. The van der Waals surface area contributed by atoms with Crippen LogP contribution in [-0.4, -0.2) is 22.6 Å². The fourth-order valence-electron chi connectivity index (χ4n) is 1.39. The van der Waals surface area contributed by atoms with Crippen molar-refractivity contribution in [3.63, 3.8) is 0 Å². The van der Waals surface area contributed by atoms with Gasteiger partial charge in [0.25, 0.3) is 0 Å². The third kappa shape index (κ3) is 6.59. The number of ether oxygens (including phenoxy) is 1. The zero-order valence-electron chi connectivity index (χ0n) is 11.8. The highest BCUT2D eigenvalue weighted by atomic mass is 16.6. The molecule has 1 N–H and O–H groups in total. The maximum atomic E-state index is 11.5. The first-order chi connectivity index (χ1) is 8.76. The fourth-order valence-corrected chi connectivity index (χ4v) is 1.39. The Morgan fingerprint density at radius 2 is 2.05 bits per heavy atom. The molecule has 0 atom stereocenters. The van der Waals surface area contributed by atoms with Crippen molar-refractivity contribution in [1.82, 2.24) is 10.5 Å². The van der Waals surface area contributed by atoms with Crippen LogP contribution in [0.25, 0.3) is 0 Å². The number of nitrogens with zero attached hydrogens (tertiary/aromatic N) is 1. The summed E-state index contributed by atoms with van der Waals surface area (Å²) < 4.78 is 9.98. The average molecular weight is 268 g/mol. The normalized spacial score (nSPS) is 11.2. The van der Waals surface area contributed by atoms with Crippen molar-refractivity contribution >= 4 is 11.9 Å². The lowest BCUT2D eigenvalue weighted by Gasteiger charge is -2.19. The van der Waals surface area contributed by atoms with E-state index < -0.39 is 5.60 Å². The van der Waals surface area contributed by atoms with Gasteiger partial charge in [-0.25, -0.2) is 0 Å². The number of amides is 1. The molecule has 106 valence electrons. The van der Waals surface area contributed by atoms with Crippen molar-refractivity contribution in [2.24, 2.45) is 0 Å². The largest absolute Gasteiger partial charge is 0.460 e. The van der Waals surface area contributed by atoms with Gasteiger partial charge >= 0.3 is 5.97 Å². The van der Waals surface area contributed by atoms with E-state index in [0.29, 0.717) is 18.0 Å². The molecule has 6 nitrogen and oxygen atoms in total. The third-order valence-corrected chi connectivity index (χ3v) is 2.12. The lowest BCUT2D eigenvalue weighted by molar-refractivity contribution is -0.155. The Bertz CT molecular complexity index is 446. The second-order valence-corrected chi connectivity index (χ2v) is 5.29. The third-order valence-electron chi connectivity index (χ3n) is 2.12. The smallest absolute Gasteiger partial charge is 0.306 e. The van der Waals surface area contributed by atoms with E-state index >= 15 is 0 Å². The van der Waals surface area contributed by atoms with E-state index in [1.807, 2.05) is 0 Å². The Kier molecular flexibility index (Phi) is 5.09. The van der Waals surface area contributed by atoms with E-state index in [1.54, 1.807) is 33.8 Å². The SMILES string of the molecule is Cc1cc(CNC(=O)CCC(=O)OC(C)(C)C)no1. The average Bonchev–Trinajstić information content (AvgIpc) is 2.67. The minimum absolute atomic E-state index is 0.0704. The molecule has 0 unspecified atom stereocenters. The van der Waals surface area contributed by atoms with Gasteiger partial charge in [-0.2, -0.15) is 0 Å². The van der Waals surface area contributed by atoms with Crippen molar-refractivity contribution in [3.05, 3.63) is 17.5 Å². The van der Waals surface area contributed by atoms with Gasteiger partial charge in [0.05, 0.1) is 13.0 Å². The second kappa shape index (κ2) is 6.36. The van der Waals surface area contributed by atoms with Gasteiger partial charge < -0.3 is 14.6 Å². The Morgan fingerprint density at radius 3 is 2.58 bits per heavy atom. The van der Waals surface area contributed by atoms with Crippen molar-refractivity contribution in [1.29, 1.82) is 0 Å². The minimum atomic E-state index is -0.522. The van der Waals surface area contributed by atoms with Crippen molar-refractivity contribution in [2.75, 3.05) is 0 Å². The molecule has 0 aliphatic carbocycles. The Morgan fingerprint density at radius 1 is 1.37 bits per heavy atom. The first-order valence-electron chi connectivity index (χ1n) is 6.17. The molecule has 0 bridgehead atoms. The van der Waals surface area contributed by atoms with Gasteiger partial charge in [0.15, 0.2) is 0 Å². The van der Waals surface area contributed by atoms with Crippen molar-refractivity contribution in [2.45, 2.75) is 52.7 Å². The number of aromatic nitrogens is 1. The van der Waals surface area contributed by atoms with Crippen LogP contribution in [0.5, 0.6) is 0 Å². The molecule has 0 spiro atoms. The summed E-state index contributed by atoms with van der Waals surface area (Å²) in [6.45, 7) is 7.44. The van der Waals surface area contributed by atoms with Crippen molar-refractivity contribution < 1.29 is 18.8 Å². The van der Waals surface area contributed by atoms with Gasteiger partial charge in [-0.1, -0.05) is 5.16 Å². The molecule has 0 aliphatic heterocycles. The Balaban J connectivity index is 2.23. The zero-order valence-corrected chi connectivity index (χ0v) is 11.8. The quantitative estimate of drug-likeness (QED) is 0.822. The summed E-state index contributed by atoms with van der Waals surface area (Å²) in [5.74, 6) is 0.101. The van der Waals surface area contributed by atoms with E-state index in [0.717, 1.165) is 0 Å². The number of esters is 1.